The first-order valence-electron chi connectivity index (χ1n) is 4.70. The number of alkyl halides is 3. The minimum absolute atomic E-state index is 0.197. The third-order valence-corrected chi connectivity index (χ3v) is 2.78. The molecule has 0 aliphatic carbocycles. The van der Waals surface area contributed by atoms with Crippen molar-refractivity contribution in [1.82, 2.24) is 14.8 Å². The standard InChI is InChI=1S/C8H12F3N3OS/c1-2-3-14-6(4-15)12-13-7(14)16-5-8(9,10)11/h15H,2-5H2,1H3. The van der Waals surface area contributed by atoms with E-state index >= 15 is 0 Å². The molecular formula is C8H12F3N3OS. The lowest BCUT2D eigenvalue weighted by Gasteiger charge is -2.08. The Hall–Kier alpha value is -0.760. The minimum atomic E-state index is -4.23. The van der Waals surface area contributed by atoms with Gasteiger partial charge in [-0.25, -0.2) is 0 Å². The predicted octanol–water partition coefficient (Wildman–Crippen LogP) is 1.83. The molecule has 0 aliphatic heterocycles. The summed E-state index contributed by atoms with van der Waals surface area (Å²) in [7, 11) is 0. The molecule has 1 rings (SSSR count). The van der Waals surface area contributed by atoms with Crippen LogP contribution in [0.4, 0.5) is 13.2 Å². The van der Waals surface area contributed by atoms with Crippen LogP contribution in [0.2, 0.25) is 0 Å². The Morgan fingerprint density at radius 2 is 2.06 bits per heavy atom. The molecule has 0 amide bonds. The van der Waals surface area contributed by atoms with E-state index in [1.165, 1.54) is 4.57 Å². The van der Waals surface area contributed by atoms with E-state index < -0.39 is 11.9 Å². The van der Waals surface area contributed by atoms with Crippen LogP contribution in [-0.2, 0) is 13.2 Å². The van der Waals surface area contributed by atoms with Crippen molar-refractivity contribution in [1.29, 1.82) is 0 Å². The molecule has 1 N–H and O–H groups in total. The highest BCUT2D eigenvalue weighted by Gasteiger charge is 2.28. The van der Waals surface area contributed by atoms with Gasteiger partial charge in [0.15, 0.2) is 11.0 Å². The monoisotopic (exact) mass is 255 g/mol. The second kappa shape index (κ2) is 5.53. The van der Waals surface area contributed by atoms with Crippen molar-refractivity contribution in [3.8, 4) is 0 Å². The number of nitrogens with zero attached hydrogens (tertiary/aromatic N) is 3. The van der Waals surface area contributed by atoms with Gasteiger partial charge in [0.25, 0.3) is 0 Å². The second-order valence-electron chi connectivity index (χ2n) is 3.11. The SMILES string of the molecule is CCCn1c(CO)nnc1SCC(F)(F)F. The van der Waals surface area contributed by atoms with E-state index in [0.29, 0.717) is 24.1 Å². The van der Waals surface area contributed by atoms with Gasteiger partial charge in [-0.2, -0.15) is 13.2 Å². The first-order chi connectivity index (χ1) is 7.48. The van der Waals surface area contributed by atoms with Crippen LogP contribution in [0.1, 0.15) is 19.2 Å². The van der Waals surface area contributed by atoms with E-state index in [-0.39, 0.29) is 11.8 Å². The largest absolute Gasteiger partial charge is 0.398 e. The van der Waals surface area contributed by atoms with Gasteiger partial charge in [-0.1, -0.05) is 18.7 Å². The molecular weight excluding hydrogens is 243 g/mol. The summed E-state index contributed by atoms with van der Waals surface area (Å²) < 4.78 is 37.6. The Bertz CT molecular complexity index is 340. The number of aliphatic hydroxyl groups excluding tert-OH is 1. The Balaban J connectivity index is 2.75. The number of hydrogen-bond donors (Lipinski definition) is 1. The molecule has 1 aromatic rings. The average molecular weight is 255 g/mol. The first-order valence-corrected chi connectivity index (χ1v) is 5.69. The van der Waals surface area contributed by atoms with E-state index in [1.807, 2.05) is 6.92 Å². The molecule has 1 aromatic heterocycles. The fraction of sp³-hybridized carbons (Fsp3) is 0.750. The van der Waals surface area contributed by atoms with Crippen molar-refractivity contribution < 1.29 is 18.3 Å². The summed E-state index contributed by atoms with van der Waals surface area (Å²) in [6.45, 7) is 2.07. The van der Waals surface area contributed by atoms with E-state index in [2.05, 4.69) is 10.2 Å². The summed E-state index contributed by atoms with van der Waals surface area (Å²) in [6, 6.07) is 0. The van der Waals surface area contributed by atoms with Crippen molar-refractivity contribution in [2.75, 3.05) is 5.75 Å². The van der Waals surface area contributed by atoms with E-state index in [1.54, 1.807) is 0 Å². The maximum absolute atomic E-state index is 12.0. The topological polar surface area (TPSA) is 50.9 Å². The Labute approximate surface area is 94.9 Å². The van der Waals surface area contributed by atoms with Gasteiger partial charge in [-0.3, -0.25) is 0 Å². The maximum atomic E-state index is 12.0. The lowest BCUT2D eigenvalue weighted by atomic mass is 10.4. The van der Waals surface area contributed by atoms with Crippen molar-refractivity contribution >= 4 is 11.8 Å². The van der Waals surface area contributed by atoms with Crippen LogP contribution in [0.3, 0.4) is 0 Å². The van der Waals surface area contributed by atoms with Crippen LogP contribution in [0.15, 0.2) is 5.16 Å². The molecule has 0 atom stereocenters. The van der Waals surface area contributed by atoms with Crippen LogP contribution in [0, 0.1) is 0 Å². The fourth-order valence-electron chi connectivity index (χ4n) is 1.14. The van der Waals surface area contributed by atoms with Gasteiger partial charge in [0.2, 0.25) is 0 Å². The lowest BCUT2D eigenvalue weighted by Crippen LogP contribution is -2.12. The molecule has 1 heterocycles. The van der Waals surface area contributed by atoms with Crippen LogP contribution in [0.25, 0.3) is 0 Å². The van der Waals surface area contributed by atoms with Gasteiger partial charge in [0.1, 0.15) is 6.61 Å². The number of thioether (sulfide) groups is 1. The molecule has 0 saturated carbocycles. The summed E-state index contributed by atoms with van der Waals surface area (Å²) in [6.07, 6.45) is -3.49. The van der Waals surface area contributed by atoms with Crippen molar-refractivity contribution in [2.24, 2.45) is 0 Å². The highest BCUT2D eigenvalue weighted by atomic mass is 32.2. The second-order valence-corrected chi connectivity index (χ2v) is 4.05. The Morgan fingerprint density at radius 3 is 2.56 bits per heavy atom. The van der Waals surface area contributed by atoms with Crippen LogP contribution < -0.4 is 0 Å². The Morgan fingerprint density at radius 1 is 1.38 bits per heavy atom. The molecule has 0 fully saturated rings. The lowest BCUT2D eigenvalue weighted by molar-refractivity contribution is -0.105. The number of aromatic nitrogens is 3. The van der Waals surface area contributed by atoms with E-state index in [0.717, 1.165) is 6.42 Å². The third-order valence-electron chi connectivity index (χ3n) is 1.75. The molecule has 0 spiro atoms. The summed E-state index contributed by atoms with van der Waals surface area (Å²) in [5, 5.41) is 16.4. The summed E-state index contributed by atoms with van der Waals surface area (Å²) in [5.74, 6) is -0.702. The van der Waals surface area contributed by atoms with E-state index in [4.69, 9.17) is 5.11 Å². The first kappa shape index (κ1) is 13.3. The zero-order chi connectivity index (χ0) is 12.2. The molecule has 0 aliphatic rings. The summed E-state index contributed by atoms with van der Waals surface area (Å²) in [4.78, 5) is 0. The number of aliphatic hydroxyl groups is 1. The number of halogens is 3. The molecule has 0 radical (unpaired) electrons. The zero-order valence-corrected chi connectivity index (χ0v) is 9.48. The van der Waals surface area contributed by atoms with Crippen molar-refractivity contribution in [2.45, 2.75) is 37.8 Å². The molecule has 0 aromatic carbocycles. The molecule has 4 nitrogen and oxygen atoms in total. The van der Waals surface area contributed by atoms with Gasteiger partial charge in [0, 0.05) is 6.54 Å². The molecule has 0 saturated heterocycles. The van der Waals surface area contributed by atoms with Crippen LogP contribution in [0.5, 0.6) is 0 Å². The molecule has 92 valence electrons. The molecule has 16 heavy (non-hydrogen) atoms. The van der Waals surface area contributed by atoms with Crippen LogP contribution in [-0.4, -0.2) is 31.8 Å². The van der Waals surface area contributed by atoms with Gasteiger partial charge >= 0.3 is 6.18 Å². The van der Waals surface area contributed by atoms with E-state index in [9.17, 15) is 13.2 Å². The maximum Gasteiger partial charge on any atom is 0.398 e. The van der Waals surface area contributed by atoms with Gasteiger partial charge in [0.05, 0.1) is 5.75 Å². The van der Waals surface area contributed by atoms with Crippen molar-refractivity contribution in [3.05, 3.63) is 5.82 Å². The molecule has 0 bridgehead atoms. The van der Waals surface area contributed by atoms with Gasteiger partial charge < -0.3 is 9.67 Å². The highest BCUT2D eigenvalue weighted by molar-refractivity contribution is 7.99. The zero-order valence-electron chi connectivity index (χ0n) is 8.66. The normalized spacial score (nSPS) is 12.1. The Kier molecular flexibility index (Phi) is 4.60. The summed E-state index contributed by atoms with van der Waals surface area (Å²) >= 11 is 0.583. The number of hydrogen-bond acceptors (Lipinski definition) is 4. The fourth-order valence-corrected chi connectivity index (χ4v) is 1.88. The quantitative estimate of drug-likeness (QED) is 0.816. The third kappa shape index (κ3) is 3.67. The smallest absolute Gasteiger partial charge is 0.388 e. The molecule has 0 unspecified atom stereocenters. The molecule has 8 heteroatoms. The predicted molar refractivity (Wildman–Crippen MR) is 53.0 cm³/mol. The number of rotatable bonds is 5. The van der Waals surface area contributed by atoms with Crippen LogP contribution >= 0.6 is 11.8 Å². The average Bonchev–Trinajstić information content (AvgIpc) is 2.57. The van der Waals surface area contributed by atoms with Gasteiger partial charge in [-0.05, 0) is 6.42 Å². The highest BCUT2D eigenvalue weighted by Crippen LogP contribution is 2.26. The van der Waals surface area contributed by atoms with Gasteiger partial charge in [-0.15, -0.1) is 10.2 Å². The van der Waals surface area contributed by atoms with Crippen molar-refractivity contribution in [3.63, 3.8) is 0 Å². The minimum Gasteiger partial charge on any atom is -0.388 e. The summed E-state index contributed by atoms with van der Waals surface area (Å²) in [5.41, 5.74) is 0.